The molecule has 2 N–H and O–H groups in total. The first-order valence-electron chi connectivity index (χ1n) is 7.88. The van der Waals surface area contributed by atoms with Gasteiger partial charge >= 0.3 is 6.09 Å². The molecule has 0 spiro atoms. The number of rotatable bonds is 5. The van der Waals surface area contributed by atoms with E-state index in [2.05, 4.69) is 34.5 Å². The number of hydrogen-bond acceptors (Lipinski definition) is 4. The van der Waals surface area contributed by atoms with Gasteiger partial charge in [-0.1, -0.05) is 6.92 Å². The van der Waals surface area contributed by atoms with Gasteiger partial charge in [-0.3, -0.25) is 4.99 Å². The highest BCUT2D eigenvalue weighted by Crippen LogP contribution is 2.14. The number of hydrogen-bond donors (Lipinski definition) is 2. The lowest BCUT2D eigenvalue weighted by molar-refractivity contribution is 0.00701. The van der Waals surface area contributed by atoms with Crippen LogP contribution in [-0.4, -0.2) is 80.3 Å². The Balaban J connectivity index is 0.00000484. The van der Waals surface area contributed by atoms with Crippen LogP contribution in [0.2, 0.25) is 0 Å². The third-order valence-electron chi connectivity index (χ3n) is 3.42. The molecule has 8 heteroatoms. The standard InChI is InChI=1S/C15H31N5O2.HI/c1-7-19(6)9-8-17-13(16-5)18-12-10-20(11-12)14(21)22-15(2,3)4;/h12H,7-11H2,1-6H3,(H2,16,17,18);1H. The summed E-state index contributed by atoms with van der Waals surface area (Å²) in [6.07, 6.45) is -0.252. The predicted octanol–water partition coefficient (Wildman–Crippen LogP) is 1.34. The molecule has 0 aromatic heterocycles. The number of guanidine groups is 1. The van der Waals surface area contributed by atoms with Crippen molar-refractivity contribution in [3.05, 3.63) is 0 Å². The fourth-order valence-electron chi connectivity index (χ4n) is 1.96. The van der Waals surface area contributed by atoms with Crippen molar-refractivity contribution in [1.82, 2.24) is 20.4 Å². The molecule has 1 amide bonds. The monoisotopic (exact) mass is 441 g/mol. The Morgan fingerprint density at radius 2 is 2.00 bits per heavy atom. The van der Waals surface area contributed by atoms with Gasteiger partial charge in [-0.25, -0.2) is 4.79 Å². The number of carbonyl (C=O) groups is 1. The molecule has 136 valence electrons. The van der Waals surface area contributed by atoms with Crippen molar-refractivity contribution in [2.24, 2.45) is 4.99 Å². The van der Waals surface area contributed by atoms with Crippen molar-refractivity contribution in [3.63, 3.8) is 0 Å². The van der Waals surface area contributed by atoms with Crippen molar-refractivity contribution in [2.75, 3.05) is 46.8 Å². The summed E-state index contributed by atoms with van der Waals surface area (Å²) in [5.41, 5.74) is -0.446. The van der Waals surface area contributed by atoms with E-state index in [1.807, 2.05) is 20.8 Å². The lowest BCUT2D eigenvalue weighted by atomic mass is 10.1. The van der Waals surface area contributed by atoms with Crippen LogP contribution in [0.1, 0.15) is 27.7 Å². The summed E-state index contributed by atoms with van der Waals surface area (Å²) in [6, 6.07) is 0.225. The maximum absolute atomic E-state index is 11.8. The van der Waals surface area contributed by atoms with Crippen LogP contribution in [0.25, 0.3) is 0 Å². The Morgan fingerprint density at radius 3 is 2.48 bits per heavy atom. The van der Waals surface area contributed by atoms with Gasteiger partial charge in [0.15, 0.2) is 5.96 Å². The zero-order chi connectivity index (χ0) is 16.8. The number of likely N-dealkylation sites (N-methyl/N-ethyl adjacent to an activating group) is 1. The maximum Gasteiger partial charge on any atom is 0.410 e. The lowest BCUT2D eigenvalue weighted by Gasteiger charge is -2.40. The van der Waals surface area contributed by atoms with E-state index in [1.165, 1.54) is 0 Å². The summed E-state index contributed by atoms with van der Waals surface area (Å²) < 4.78 is 5.33. The van der Waals surface area contributed by atoms with Gasteiger partial charge in [0, 0.05) is 33.2 Å². The van der Waals surface area contributed by atoms with Crippen LogP contribution < -0.4 is 10.6 Å². The Bertz CT molecular complexity index is 392. The molecule has 0 aromatic rings. The summed E-state index contributed by atoms with van der Waals surface area (Å²) in [5.74, 6) is 0.776. The second-order valence-corrected chi connectivity index (χ2v) is 6.62. The maximum atomic E-state index is 11.8. The first kappa shape index (κ1) is 22.2. The third-order valence-corrected chi connectivity index (χ3v) is 3.42. The molecule has 0 saturated carbocycles. The van der Waals surface area contributed by atoms with Gasteiger partial charge in [0.05, 0.1) is 6.04 Å². The van der Waals surface area contributed by atoms with Gasteiger partial charge in [-0.05, 0) is 34.4 Å². The van der Waals surface area contributed by atoms with Crippen LogP contribution in [0.15, 0.2) is 4.99 Å². The highest BCUT2D eigenvalue weighted by Gasteiger charge is 2.34. The molecule has 1 aliphatic rings. The van der Waals surface area contributed by atoms with Crippen molar-refractivity contribution in [2.45, 2.75) is 39.3 Å². The Kier molecular flexibility index (Phi) is 9.83. The smallest absolute Gasteiger partial charge is 0.410 e. The normalized spacial score (nSPS) is 15.8. The quantitative estimate of drug-likeness (QED) is 0.383. The van der Waals surface area contributed by atoms with E-state index in [9.17, 15) is 4.79 Å². The lowest BCUT2D eigenvalue weighted by Crippen LogP contribution is -2.63. The van der Waals surface area contributed by atoms with Gasteiger partial charge in [0.25, 0.3) is 0 Å². The molecule has 0 radical (unpaired) electrons. The largest absolute Gasteiger partial charge is 0.444 e. The Hall–Kier alpha value is -0.770. The van der Waals surface area contributed by atoms with E-state index in [0.717, 1.165) is 25.6 Å². The highest BCUT2D eigenvalue weighted by molar-refractivity contribution is 14.0. The van der Waals surface area contributed by atoms with Gasteiger partial charge in [-0.15, -0.1) is 24.0 Å². The number of nitrogens with one attached hydrogen (secondary N) is 2. The minimum atomic E-state index is -0.446. The minimum absolute atomic E-state index is 0. The Morgan fingerprint density at radius 1 is 1.39 bits per heavy atom. The number of ether oxygens (including phenoxy) is 1. The zero-order valence-corrected chi connectivity index (χ0v) is 17.5. The van der Waals surface area contributed by atoms with Crippen LogP contribution in [0.5, 0.6) is 0 Å². The van der Waals surface area contributed by atoms with Crippen LogP contribution in [0.3, 0.4) is 0 Å². The second kappa shape index (κ2) is 10.2. The number of nitrogens with zero attached hydrogens (tertiary/aromatic N) is 3. The molecule has 1 fully saturated rings. The molecular formula is C15H32IN5O2. The summed E-state index contributed by atoms with van der Waals surface area (Å²) in [4.78, 5) is 20.0. The molecule has 1 heterocycles. The van der Waals surface area contributed by atoms with Crippen LogP contribution in [0.4, 0.5) is 4.79 Å². The second-order valence-electron chi connectivity index (χ2n) is 6.62. The van der Waals surface area contributed by atoms with E-state index in [0.29, 0.717) is 13.1 Å². The van der Waals surface area contributed by atoms with Crippen LogP contribution in [0, 0.1) is 0 Å². The number of amides is 1. The van der Waals surface area contributed by atoms with Crippen molar-refractivity contribution in [3.8, 4) is 0 Å². The van der Waals surface area contributed by atoms with Gasteiger partial charge in [-0.2, -0.15) is 0 Å². The fraction of sp³-hybridized carbons (Fsp3) is 0.867. The minimum Gasteiger partial charge on any atom is -0.444 e. The summed E-state index contributed by atoms with van der Waals surface area (Å²) >= 11 is 0. The van der Waals surface area contributed by atoms with E-state index in [-0.39, 0.29) is 36.1 Å². The first-order chi connectivity index (χ1) is 10.2. The average Bonchev–Trinajstić information content (AvgIpc) is 2.37. The SMILES string of the molecule is CCN(C)CCNC(=NC)NC1CN(C(=O)OC(C)(C)C)C1.I. The zero-order valence-electron chi connectivity index (χ0n) is 15.2. The summed E-state index contributed by atoms with van der Waals surface area (Å²) in [5, 5.41) is 6.59. The van der Waals surface area contributed by atoms with Gasteiger partial charge in [0.2, 0.25) is 0 Å². The molecule has 1 saturated heterocycles. The number of carbonyl (C=O) groups excluding carboxylic acids is 1. The molecule has 0 aliphatic carbocycles. The first-order valence-corrected chi connectivity index (χ1v) is 7.88. The van der Waals surface area contributed by atoms with Crippen molar-refractivity contribution >= 4 is 36.0 Å². The van der Waals surface area contributed by atoms with Crippen LogP contribution >= 0.6 is 24.0 Å². The van der Waals surface area contributed by atoms with E-state index in [4.69, 9.17) is 4.74 Å². The number of aliphatic imine (C=N–C) groups is 1. The molecule has 1 aliphatic heterocycles. The molecule has 0 atom stereocenters. The molecule has 0 bridgehead atoms. The van der Waals surface area contributed by atoms with Gasteiger partial charge in [0.1, 0.15) is 5.60 Å². The topological polar surface area (TPSA) is 69.2 Å². The molecule has 1 rings (SSSR count). The molecule has 0 unspecified atom stereocenters. The summed E-state index contributed by atoms with van der Waals surface area (Å²) in [6.45, 7) is 11.9. The van der Waals surface area contributed by atoms with Gasteiger partial charge < -0.3 is 25.2 Å². The van der Waals surface area contributed by atoms with E-state index < -0.39 is 5.60 Å². The molecule has 0 aromatic carbocycles. The fourth-order valence-corrected chi connectivity index (χ4v) is 1.96. The van der Waals surface area contributed by atoms with Crippen molar-refractivity contribution in [1.29, 1.82) is 0 Å². The molecule has 23 heavy (non-hydrogen) atoms. The van der Waals surface area contributed by atoms with Crippen molar-refractivity contribution < 1.29 is 9.53 Å². The van der Waals surface area contributed by atoms with E-state index in [1.54, 1.807) is 11.9 Å². The van der Waals surface area contributed by atoms with Crippen LogP contribution in [-0.2, 0) is 4.74 Å². The number of likely N-dealkylation sites (tertiary alicyclic amines) is 1. The third kappa shape index (κ3) is 8.59. The Labute approximate surface area is 157 Å². The molecular weight excluding hydrogens is 409 g/mol. The predicted molar refractivity (Wildman–Crippen MR) is 105 cm³/mol. The van der Waals surface area contributed by atoms with E-state index >= 15 is 0 Å². The summed E-state index contributed by atoms with van der Waals surface area (Å²) in [7, 11) is 3.84. The highest BCUT2D eigenvalue weighted by atomic mass is 127. The average molecular weight is 441 g/mol. The number of halogens is 1. The molecule has 7 nitrogen and oxygen atoms in total.